The fourth-order valence-corrected chi connectivity index (χ4v) is 2.73. The summed E-state index contributed by atoms with van der Waals surface area (Å²) < 4.78 is 10.8. The summed E-state index contributed by atoms with van der Waals surface area (Å²) in [4.78, 5) is 4.24. The third-order valence-electron chi connectivity index (χ3n) is 4.16. The molecular formula is C20H27N3O3. The Morgan fingerprint density at radius 3 is 2.42 bits per heavy atom. The summed E-state index contributed by atoms with van der Waals surface area (Å²) >= 11 is 0. The van der Waals surface area contributed by atoms with Crippen LogP contribution in [0.4, 0.5) is 0 Å². The van der Waals surface area contributed by atoms with Crippen LogP contribution >= 0.6 is 0 Å². The minimum absolute atomic E-state index is 0.00102. The van der Waals surface area contributed by atoms with Gasteiger partial charge in [-0.05, 0) is 11.6 Å². The first-order chi connectivity index (χ1) is 12.7. The quantitative estimate of drug-likeness (QED) is 0.499. The molecule has 0 fully saturated rings. The Kier molecular flexibility index (Phi) is 7.76. The van der Waals surface area contributed by atoms with E-state index in [0.717, 1.165) is 11.1 Å². The van der Waals surface area contributed by atoms with E-state index >= 15 is 0 Å². The summed E-state index contributed by atoms with van der Waals surface area (Å²) in [5.41, 5.74) is 2.06. The van der Waals surface area contributed by atoms with Crippen LogP contribution in [0, 0.1) is 0 Å². The zero-order chi connectivity index (χ0) is 18.8. The minimum atomic E-state index is 0.00102. The van der Waals surface area contributed by atoms with Crippen molar-refractivity contribution in [3.8, 4) is 11.5 Å². The Hall–Kier alpha value is -2.73. The lowest BCUT2D eigenvalue weighted by molar-refractivity contribution is 0.265. The highest BCUT2D eigenvalue weighted by molar-refractivity contribution is 5.79. The number of nitrogens with zero attached hydrogens (tertiary/aromatic N) is 1. The van der Waals surface area contributed by atoms with E-state index < -0.39 is 0 Å². The smallest absolute Gasteiger partial charge is 0.191 e. The third-order valence-corrected chi connectivity index (χ3v) is 4.16. The van der Waals surface area contributed by atoms with E-state index in [-0.39, 0.29) is 12.5 Å². The van der Waals surface area contributed by atoms with Gasteiger partial charge < -0.3 is 25.2 Å². The molecule has 3 N–H and O–H groups in total. The maximum absolute atomic E-state index is 9.67. The fraction of sp³-hybridized carbons (Fsp3) is 0.350. The van der Waals surface area contributed by atoms with Crippen LogP contribution in [0.2, 0.25) is 0 Å². The van der Waals surface area contributed by atoms with E-state index in [1.807, 2.05) is 48.5 Å². The normalized spacial score (nSPS) is 12.4. The zero-order valence-corrected chi connectivity index (χ0v) is 15.5. The van der Waals surface area contributed by atoms with E-state index in [0.29, 0.717) is 30.5 Å². The molecule has 0 amide bonds. The summed E-state index contributed by atoms with van der Waals surface area (Å²) in [5.74, 6) is 2.06. The van der Waals surface area contributed by atoms with Crippen LogP contribution in [0.15, 0.2) is 53.5 Å². The lowest BCUT2D eigenvalue weighted by Gasteiger charge is -2.19. The van der Waals surface area contributed by atoms with Crippen LogP contribution in [0.5, 0.6) is 11.5 Å². The van der Waals surface area contributed by atoms with Crippen molar-refractivity contribution >= 4 is 5.96 Å². The van der Waals surface area contributed by atoms with Crippen molar-refractivity contribution in [2.45, 2.75) is 12.5 Å². The lowest BCUT2D eigenvalue weighted by atomic mass is 10.0. The molecule has 0 bridgehead atoms. The number of hydrogen-bond donors (Lipinski definition) is 3. The standard InChI is InChI=1S/C20H27N3O3/c1-21-20(23-13-17(14-24)15-8-5-4-6-9-15)22-12-16-10-7-11-18(25-2)19(16)26-3/h4-11,17,24H,12-14H2,1-3H3,(H2,21,22,23). The average Bonchev–Trinajstić information content (AvgIpc) is 2.70. The Labute approximate surface area is 154 Å². The first-order valence-corrected chi connectivity index (χ1v) is 8.53. The molecule has 6 nitrogen and oxygen atoms in total. The number of aliphatic hydroxyl groups is 1. The molecule has 2 rings (SSSR count). The monoisotopic (exact) mass is 357 g/mol. The molecule has 2 aromatic carbocycles. The molecule has 2 aromatic rings. The number of ether oxygens (including phenoxy) is 2. The minimum Gasteiger partial charge on any atom is -0.493 e. The number of aliphatic hydroxyl groups excluding tert-OH is 1. The van der Waals surface area contributed by atoms with Crippen molar-refractivity contribution in [1.82, 2.24) is 10.6 Å². The molecule has 0 saturated heterocycles. The predicted molar refractivity (Wildman–Crippen MR) is 104 cm³/mol. The molecule has 1 unspecified atom stereocenters. The number of aliphatic imine (C=N–C) groups is 1. The Morgan fingerprint density at radius 2 is 1.81 bits per heavy atom. The molecular weight excluding hydrogens is 330 g/mol. The van der Waals surface area contributed by atoms with Gasteiger partial charge in [0, 0.05) is 31.6 Å². The number of benzene rings is 2. The second kappa shape index (κ2) is 10.3. The van der Waals surface area contributed by atoms with Gasteiger partial charge in [0.1, 0.15) is 0 Å². The van der Waals surface area contributed by atoms with Crippen LogP contribution in [0.1, 0.15) is 17.0 Å². The molecule has 0 aliphatic carbocycles. The van der Waals surface area contributed by atoms with Gasteiger partial charge in [-0.1, -0.05) is 42.5 Å². The van der Waals surface area contributed by atoms with Gasteiger partial charge in [-0.3, -0.25) is 4.99 Å². The highest BCUT2D eigenvalue weighted by Gasteiger charge is 2.12. The van der Waals surface area contributed by atoms with Crippen LogP contribution in [-0.4, -0.2) is 45.5 Å². The topological polar surface area (TPSA) is 75.1 Å². The molecule has 0 aliphatic rings. The van der Waals surface area contributed by atoms with Gasteiger partial charge in [-0.25, -0.2) is 0 Å². The van der Waals surface area contributed by atoms with E-state index in [4.69, 9.17) is 9.47 Å². The molecule has 6 heteroatoms. The van der Waals surface area contributed by atoms with Crippen LogP contribution in [0.3, 0.4) is 0 Å². The van der Waals surface area contributed by atoms with Crippen molar-refractivity contribution in [3.63, 3.8) is 0 Å². The second-order valence-electron chi connectivity index (χ2n) is 5.75. The van der Waals surface area contributed by atoms with Gasteiger partial charge in [-0.2, -0.15) is 0 Å². The van der Waals surface area contributed by atoms with Gasteiger partial charge in [0.05, 0.1) is 20.8 Å². The molecule has 0 aromatic heterocycles. The van der Waals surface area contributed by atoms with Gasteiger partial charge in [-0.15, -0.1) is 0 Å². The van der Waals surface area contributed by atoms with Crippen LogP contribution in [-0.2, 0) is 6.54 Å². The first kappa shape index (κ1) is 19.6. The molecule has 0 spiro atoms. The summed E-state index contributed by atoms with van der Waals surface area (Å²) in [6, 6.07) is 15.7. The number of para-hydroxylation sites is 1. The Balaban J connectivity index is 1.96. The molecule has 0 aliphatic heterocycles. The Morgan fingerprint density at radius 1 is 1.04 bits per heavy atom. The molecule has 1 atom stereocenters. The van der Waals surface area contributed by atoms with Crippen molar-refractivity contribution < 1.29 is 14.6 Å². The highest BCUT2D eigenvalue weighted by atomic mass is 16.5. The third kappa shape index (κ3) is 5.13. The number of methoxy groups -OCH3 is 2. The number of rotatable bonds is 8. The van der Waals surface area contributed by atoms with Gasteiger partial charge in [0.25, 0.3) is 0 Å². The molecule has 0 radical (unpaired) electrons. The van der Waals surface area contributed by atoms with E-state index in [2.05, 4.69) is 15.6 Å². The maximum Gasteiger partial charge on any atom is 0.191 e. The number of hydrogen-bond acceptors (Lipinski definition) is 4. The predicted octanol–water partition coefficient (Wildman–Crippen LogP) is 2.14. The second-order valence-corrected chi connectivity index (χ2v) is 5.75. The summed E-state index contributed by atoms with van der Waals surface area (Å²) in [5, 5.41) is 16.2. The molecule has 26 heavy (non-hydrogen) atoms. The molecule has 0 heterocycles. The fourth-order valence-electron chi connectivity index (χ4n) is 2.73. The largest absolute Gasteiger partial charge is 0.493 e. The number of nitrogens with one attached hydrogen (secondary N) is 2. The number of guanidine groups is 1. The molecule has 0 saturated carbocycles. The maximum atomic E-state index is 9.67. The average molecular weight is 357 g/mol. The Bertz CT molecular complexity index is 705. The van der Waals surface area contributed by atoms with Crippen LogP contribution in [0.25, 0.3) is 0 Å². The summed E-state index contributed by atoms with van der Waals surface area (Å²) in [6.07, 6.45) is 0. The SMILES string of the molecule is CN=C(NCc1cccc(OC)c1OC)NCC(CO)c1ccccc1. The summed E-state index contributed by atoms with van der Waals surface area (Å²) in [7, 11) is 4.96. The molecule has 140 valence electrons. The van der Waals surface area contributed by atoms with E-state index in [9.17, 15) is 5.11 Å². The first-order valence-electron chi connectivity index (χ1n) is 8.53. The van der Waals surface area contributed by atoms with E-state index in [1.165, 1.54) is 0 Å². The van der Waals surface area contributed by atoms with Gasteiger partial charge >= 0.3 is 0 Å². The van der Waals surface area contributed by atoms with Gasteiger partial charge in [0.2, 0.25) is 0 Å². The van der Waals surface area contributed by atoms with Crippen LogP contribution < -0.4 is 20.1 Å². The van der Waals surface area contributed by atoms with Crippen molar-refractivity contribution in [3.05, 3.63) is 59.7 Å². The van der Waals surface area contributed by atoms with Gasteiger partial charge in [0.15, 0.2) is 17.5 Å². The summed E-state index contributed by atoms with van der Waals surface area (Å²) in [6.45, 7) is 1.18. The highest BCUT2D eigenvalue weighted by Crippen LogP contribution is 2.30. The zero-order valence-electron chi connectivity index (χ0n) is 15.5. The van der Waals surface area contributed by atoms with E-state index in [1.54, 1.807) is 21.3 Å². The van der Waals surface area contributed by atoms with Crippen molar-refractivity contribution in [1.29, 1.82) is 0 Å². The van der Waals surface area contributed by atoms with Crippen molar-refractivity contribution in [2.75, 3.05) is 34.4 Å². The lowest BCUT2D eigenvalue weighted by Crippen LogP contribution is -2.39. The van der Waals surface area contributed by atoms with Crippen molar-refractivity contribution in [2.24, 2.45) is 4.99 Å².